The zero-order valence-electron chi connectivity index (χ0n) is 56.0. The van der Waals surface area contributed by atoms with Crippen molar-refractivity contribution in [2.75, 3.05) is 49.5 Å². The summed E-state index contributed by atoms with van der Waals surface area (Å²) in [6, 6.07) is 44.8. The molecule has 6 heterocycles. The molecule has 99 heavy (non-hydrogen) atoms. The van der Waals surface area contributed by atoms with E-state index < -0.39 is 18.2 Å². The molecular formula is C80H86Cl2N12O5. The molecule has 9 aromatic rings. The average Bonchev–Trinajstić information content (AvgIpc) is 1.76. The van der Waals surface area contributed by atoms with Crippen LogP contribution in [-0.4, -0.2) is 130 Å². The van der Waals surface area contributed by atoms with Crippen LogP contribution in [0.4, 0.5) is 16.2 Å². The molecule has 4 unspecified atom stereocenters. The minimum absolute atomic E-state index is 0.0899. The van der Waals surface area contributed by atoms with Crippen molar-refractivity contribution in [2.45, 2.75) is 146 Å². The number of imidazole rings is 2. The number of hydrogen-bond acceptors (Lipinski definition) is 11. The molecule has 4 fully saturated rings. The monoisotopic (exact) mass is 1360 g/mol. The molecule has 5 aromatic carbocycles. The predicted octanol–water partition coefficient (Wildman–Crippen LogP) is 14.1. The van der Waals surface area contributed by atoms with Gasteiger partial charge in [0.05, 0.1) is 42.7 Å². The Morgan fingerprint density at radius 3 is 1.69 bits per heavy atom. The fourth-order valence-corrected chi connectivity index (χ4v) is 16.3. The van der Waals surface area contributed by atoms with E-state index in [1.165, 1.54) is 47.1 Å². The van der Waals surface area contributed by atoms with E-state index in [4.69, 9.17) is 37.9 Å². The highest BCUT2D eigenvalue weighted by Crippen LogP contribution is 2.41. The number of aryl methyl sites for hydroxylation is 4. The summed E-state index contributed by atoms with van der Waals surface area (Å²) >= 11 is 13.0. The number of fused-ring (bicyclic) bond motifs is 4. The molecule has 17 nitrogen and oxygen atoms in total. The Morgan fingerprint density at radius 2 is 1.08 bits per heavy atom. The number of nitrogens with zero attached hydrogens (tertiary/aromatic N) is 11. The number of pyridine rings is 2. The minimum Gasteiger partial charge on any atom is -0.446 e. The standard InChI is InChI=1S/C43H45ClN6O3.C37H41ClN6O2/c44-35-18-19-38-34(26-35)17-16-33-12-8-20-46-40(33)41(38)48-23-24-49(43(52)53-37-14-5-2-6-15-37)39(29-48)42(51)50(28-31-9-3-1-4-10-31)36-13-7-11-32(25-36)27-47-22-21-45-30-47;38-30-13-14-32-29(22-30)12-11-28-9-5-15-40-35(28)36(32)43-18-19-44(34(45)21-26-6-2-1-3-7-26)33(24-43)37(46)41-31-10-4-8-27(20-31)23-42-17-16-39-25-42/h1,3-4,7-13,18-22,25-26,30,37,39,41H,2,5-6,14-17,23-24,27-29H2;4-5,8-10,13-17,20,22,25-26,33,36H,1-3,6-7,11-12,18-19,21,23-24H2,(H,41,46). The maximum Gasteiger partial charge on any atom is 0.410 e. The molecule has 0 spiro atoms. The van der Waals surface area contributed by atoms with Crippen LogP contribution in [0.1, 0.15) is 144 Å². The van der Waals surface area contributed by atoms with E-state index in [1.807, 2.05) is 135 Å². The molecular weight excluding hydrogens is 1280 g/mol. The molecule has 4 aromatic heterocycles. The van der Waals surface area contributed by atoms with E-state index in [-0.39, 0.29) is 35.9 Å². The molecule has 0 bridgehead atoms. The third kappa shape index (κ3) is 16.0. The first-order chi connectivity index (χ1) is 48.5. The second kappa shape index (κ2) is 31.5. The lowest BCUT2D eigenvalue weighted by atomic mass is 9.86. The summed E-state index contributed by atoms with van der Waals surface area (Å²) in [5.41, 5.74) is 13.7. The van der Waals surface area contributed by atoms with Gasteiger partial charge in [-0.2, -0.15) is 0 Å². The van der Waals surface area contributed by atoms with Crippen molar-refractivity contribution < 1.29 is 23.9 Å². The van der Waals surface area contributed by atoms with E-state index in [9.17, 15) is 14.4 Å². The fourth-order valence-electron chi connectivity index (χ4n) is 15.9. The van der Waals surface area contributed by atoms with Crippen LogP contribution in [-0.2, 0) is 64.4 Å². The van der Waals surface area contributed by atoms with Gasteiger partial charge in [-0.05, 0) is 181 Å². The highest BCUT2D eigenvalue weighted by Gasteiger charge is 2.45. The van der Waals surface area contributed by atoms with Gasteiger partial charge in [0.15, 0.2) is 0 Å². The maximum absolute atomic E-state index is 15.4. The van der Waals surface area contributed by atoms with Crippen molar-refractivity contribution in [2.24, 2.45) is 5.92 Å². The molecule has 2 saturated carbocycles. The lowest BCUT2D eigenvalue weighted by Gasteiger charge is -2.45. The molecule has 0 radical (unpaired) electrons. The third-order valence-corrected chi connectivity index (χ3v) is 21.4. The summed E-state index contributed by atoms with van der Waals surface area (Å²) in [6.07, 6.45) is 28.9. The van der Waals surface area contributed by atoms with Crippen molar-refractivity contribution in [1.82, 2.24) is 48.7 Å². The van der Waals surface area contributed by atoms with Crippen LogP contribution < -0.4 is 10.2 Å². The Morgan fingerprint density at radius 1 is 0.525 bits per heavy atom. The van der Waals surface area contributed by atoms with Crippen LogP contribution in [0.5, 0.6) is 0 Å². The van der Waals surface area contributed by atoms with E-state index in [0.717, 1.165) is 121 Å². The number of nitrogens with one attached hydrogen (secondary N) is 1. The Balaban J connectivity index is 0.000000171. The van der Waals surface area contributed by atoms with Crippen LogP contribution in [0.2, 0.25) is 10.0 Å². The van der Waals surface area contributed by atoms with Gasteiger partial charge in [0.1, 0.15) is 18.2 Å². The lowest BCUT2D eigenvalue weighted by Crippen LogP contribution is -2.62. The average molecular weight is 1370 g/mol. The summed E-state index contributed by atoms with van der Waals surface area (Å²) in [6.45, 7) is 4.43. The van der Waals surface area contributed by atoms with Crippen LogP contribution in [0.15, 0.2) is 189 Å². The van der Waals surface area contributed by atoms with Crippen LogP contribution in [0.25, 0.3) is 0 Å². The number of aromatic nitrogens is 6. The number of ether oxygens (including phenoxy) is 1. The first-order valence-electron chi connectivity index (χ1n) is 35.5. The van der Waals surface area contributed by atoms with Gasteiger partial charge in [-0.1, -0.05) is 128 Å². The number of carbonyl (C=O) groups is 4. The summed E-state index contributed by atoms with van der Waals surface area (Å²) in [7, 11) is 0. The van der Waals surface area contributed by atoms with Crippen LogP contribution in [0.3, 0.4) is 0 Å². The topological polar surface area (TPSA) is 167 Å². The van der Waals surface area contributed by atoms with Gasteiger partial charge in [0.25, 0.3) is 5.91 Å². The fraction of sp³-hybridized carbons (Fsp3) is 0.375. The molecule has 510 valence electrons. The third-order valence-electron chi connectivity index (χ3n) is 20.9. The van der Waals surface area contributed by atoms with Crippen molar-refractivity contribution in [1.29, 1.82) is 0 Å². The Hall–Kier alpha value is -9.00. The molecule has 15 rings (SSSR count). The smallest absolute Gasteiger partial charge is 0.410 e. The van der Waals surface area contributed by atoms with Gasteiger partial charge in [0, 0.05) is 117 Å². The largest absolute Gasteiger partial charge is 0.446 e. The number of rotatable bonds is 15. The molecule has 4 aliphatic carbocycles. The minimum atomic E-state index is -0.799. The molecule has 4 atom stereocenters. The number of piperazine rings is 2. The van der Waals surface area contributed by atoms with Crippen molar-refractivity contribution in [3.8, 4) is 0 Å². The Bertz CT molecular complexity index is 4260. The summed E-state index contributed by atoms with van der Waals surface area (Å²) < 4.78 is 10.2. The molecule has 2 saturated heterocycles. The number of amides is 4. The molecule has 1 N–H and O–H groups in total. The first kappa shape index (κ1) is 67.2. The van der Waals surface area contributed by atoms with Crippen molar-refractivity contribution in [3.05, 3.63) is 261 Å². The van der Waals surface area contributed by atoms with Crippen molar-refractivity contribution >= 4 is 58.4 Å². The SMILES string of the molecule is O=C(C1CN(C2c3ccc(Cl)cc3CCc3cccnc32)CCN1C(=O)OC1CCCCC1)N(Cc1ccccc1)c1cccc(Cn2ccnc2)c1.O=C(Nc1cccc(Cn2ccnc2)c1)C1CN(C2c3ccc(Cl)cc3CCc3cccnc32)CCN1C(=O)CC1CCCCC1. The van der Waals surface area contributed by atoms with Gasteiger partial charge in [-0.15, -0.1) is 0 Å². The Kier molecular flexibility index (Phi) is 21.4. The highest BCUT2D eigenvalue weighted by molar-refractivity contribution is 6.31. The quantitative estimate of drug-likeness (QED) is 0.104. The zero-order valence-corrected chi connectivity index (χ0v) is 57.6. The Labute approximate surface area is 590 Å². The molecule has 6 aliphatic rings. The van der Waals surface area contributed by atoms with Crippen molar-refractivity contribution in [3.63, 3.8) is 0 Å². The number of hydrogen-bond donors (Lipinski definition) is 1. The summed E-state index contributed by atoms with van der Waals surface area (Å²) in [4.78, 5) is 86.0. The second-order valence-corrected chi connectivity index (χ2v) is 28.4. The molecule has 19 heteroatoms. The number of benzene rings is 5. The van der Waals surface area contributed by atoms with Gasteiger partial charge in [-0.3, -0.25) is 39.1 Å². The lowest BCUT2D eigenvalue weighted by molar-refractivity contribution is -0.143. The predicted molar refractivity (Wildman–Crippen MR) is 385 cm³/mol. The summed E-state index contributed by atoms with van der Waals surface area (Å²) in [5.74, 6) is 0.183. The van der Waals surface area contributed by atoms with Gasteiger partial charge in [0.2, 0.25) is 11.8 Å². The number of anilines is 2. The van der Waals surface area contributed by atoms with Crippen LogP contribution >= 0.6 is 23.2 Å². The van der Waals surface area contributed by atoms with E-state index in [1.54, 1.807) is 29.9 Å². The molecule has 2 aliphatic heterocycles. The van der Waals surface area contributed by atoms with Crippen LogP contribution in [0, 0.1) is 5.92 Å². The normalized spacial score (nSPS) is 19.7. The molecule has 4 amide bonds. The zero-order chi connectivity index (χ0) is 67.6. The first-order valence-corrected chi connectivity index (χ1v) is 36.2. The van der Waals surface area contributed by atoms with E-state index in [0.29, 0.717) is 76.3 Å². The van der Waals surface area contributed by atoms with Gasteiger partial charge < -0.3 is 29.0 Å². The maximum atomic E-state index is 15.4. The van der Waals surface area contributed by atoms with E-state index in [2.05, 4.69) is 73.6 Å². The van der Waals surface area contributed by atoms with Gasteiger partial charge >= 0.3 is 6.09 Å². The summed E-state index contributed by atoms with van der Waals surface area (Å²) in [5, 5.41) is 4.61. The second-order valence-electron chi connectivity index (χ2n) is 27.5. The highest BCUT2D eigenvalue weighted by atomic mass is 35.5. The van der Waals surface area contributed by atoms with E-state index >= 15 is 4.79 Å². The van der Waals surface area contributed by atoms with Gasteiger partial charge in [-0.25, -0.2) is 14.8 Å². The number of halogens is 2. The number of carbonyl (C=O) groups excluding carboxylic acids is 4.